The lowest BCUT2D eigenvalue weighted by molar-refractivity contribution is -0.200. The van der Waals surface area contributed by atoms with E-state index in [0.717, 1.165) is 11.1 Å². The Balaban J connectivity index is 1.07. The molecule has 4 aliphatic carbocycles. The van der Waals surface area contributed by atoms with E-state index in [1.807, 2.05) is 19.9 Å². The number of ketones is 2. The second-order valence-electron chi connectivity index (χ2n) is 17.4. The number of Topliss-reactive ketones (excluding diaryl/α,β-unsaturated/α-hetero) is 1. The van der Waals surface area contributed by atoms with Gasteiger partial charge in [0.2, 0.25) is 17.7 Å². The van der Waals surface area contributed by atoms with E-state index in [9.17, 15) is 53.3 Å². The summed E-state index contributed by atoms with van der Waals surface area (Å²) in [6.07, 6.45) is 3.97. The van der Waals surface area contributed by atoms with Crippen molar-refractivity contribution in [1.29, 1.82) is 0 Å². The molecule has 0 unspecified atom stereocenters. The fourth-order valence-electron chi connectivity index (χ4n) is 10.9. The number of hydrogen-bond donors (Lipinski definition) is 7. The molecule has 1 saturated heterocycles. The quantitative estimate of drug-likeness (QED) is 0.114. The van der Waals surface area contributed by atoms with Gasteiger partial charge in [-0.25, -0.2) is 4.57 Å². The van der Waals surface area contributed by atoms with Gasteiger partial charge in [-0.3, -0.25) is 33.3 Å². The van der Waals surface area contributed by atoms with Gasteiger partial charge in [-0.1, -0.05) is 56.2 Å². The van der Waals surface area contributed by atoms with Crippen LogP contribution in [-0.2, 0) is 53.8 Å². The molecule has 5 aliphatic rings. The van der Waals surface area contributed by atoms with Crippen molar-refractivity contribution in [2.75, 3.05) is 18.5 Å². The first-order valence-electron chi connectivity index (χ1n) is 20.8. The minimum absolute atomic E-state index is 0.0879. The number of aliphatic hydroxyl groups excluding tert-OH is 1. The fraction of sp³-hybridized carbons (Fsp3) is 0.535. The van der Waals surface area contributed by atoms with Gasteiger partial charge in [-0.2, -0.15) is 0 Å². The number of halogens is 1. The van der Waals surface area contributed by atoms with Gasteiger partial charge in [0.05, 0.1) is 28.0 Å². The summed E-state index contributed by atoms with van der Waals surface area (Å²) in [5.41, 5.74) is -0.504. The first kappa shape index (κ1) is 46.9. The first-order chi connectivity index (χ1) is 29.7. The summed E-state index contributed by atoms with van der Waals surface area (Å²) in [6, 6.07) is 7.40. The number of allylic oxidation sites excluding steroid dienone is 4. The summed E-state index contributed by atoms with van der Waals surface area (Å²) in [6.45, 7) is 4.22. The Hall–Kier alpha value is -4.10. The number of aliphatic hydroxyl groups is 1. The van der Waals surface area contributed by atoms with Crippen LogP contribution in [0.2, 0.25) is 4.34 Å². The van der Waals surface area contributed by atoms with E-state index < -0.39 is 79.0 Å². The molecule has 0 spiro atoms. The molecule has 3 saturated carbocycles. The minimum atomic E-state index is -5.06. The number of phosphoric acid groups is 1. The summed E-state index contributed by atoms with van der Waals surface area (Å²) in [5.74, 6) is -4.12. The van der Waals surface area contributed by atoms with E-state index in [0.29, 0.717) is 46.1 Å². The van der Waals surface area contributed by atoms with E-state index in [1.165, 1.54) is 11.3 Å². The summed E-state index contributed by atoms with van der Waals surface area (Å²) >= 11 is 7.98. The average molecular weight is 932 g/mol. The van der Waals surface area contributed by atoms with Gasteiger partial charge in [-0.05, 0) is 91.8 Å². The molecule has 63 heavy (non-hydrogen) atoms. The third kappa shape index (κ3) is 9.24. The number of anilines is 1. The monoisotopic (exact) mass is 931 g/mol. The molecule has 1 aromatic carbocycles. The zero-order valence-electron chi connectivity index (χ0n) is 34.8. The van der Waals surface area contributed by atoms with E-state index >= 15 is 0 Å². The highest BCUT2D eigenvalue weighted by Crippen LogP contribution is 2.71. The largest absolute Gasteiger partial charge is 0.481 e. The lowest BCUT2D eigenvalue weighted by Crippen LogP contribution is -2.63. The number of phosphoric ester groups is 1. The maximum absolute atomic E-state index is 14.4. The number of amides is 3. The highest BCUT2D eigenvalue weighted by atomic mass is 35.5. The van der Waals surface area contributed by atoms with Crippen molar-refractivity contribution in [3.63, 3.8) is 0 Å². The van der Waals surface area contributed by atoms with Crippen LogP contribution in [0.15, 0.2) is 54.1 Å². The Bertz CT molecular complexity index is 2300. The predicted molar refractivity (Wildman–Crippen MR) is 227 cm³/mol. The highest BCUT2D eigenvalue weighted by Gasteiger charge is 2.76. The van der Waals surface area contributed by atoms with Gasteiger partial charge >= 0.3 is 13.8 Å². The maximum Gasteiger partial charge on any atom is 0.470 e. The first-order valence-corrected chi connectivity index (χ1v) is 23.5. The van der Waals surface area contributed by atoms with Crippen molar-refractivity contribution in [3.05, 3.63) is 74.5 Å². The van der Waals surface area contributed by atoms with Crippen molar-refractivity contribution in [2.24, 2.45) is 28.6 Å². The van der Waals surface area contributed by atoms with Gasteiger partial charge in [-0.15, -0.1) is 11.3 Å². The molecule has 20 heteroatoms. The topological polar surface area (TPSA) is 264 Å². The molecule has 1 aromatic heterocycles. The predicted octanol–water partition coefficient (Wildman–Crippen LogP) is 4.53. The van der Waals surface area contributed by atoms with Crippen LogP contribution in [-0.4, -0.2) is 92.3 Å². The number of fused-ring (bicyclic) bond motifs is 7. The van der Waals surface area contributed by atoms with Crippen LogP contribution < -0.4 is 16.0 Å². The third-order valence-electron chi connectivity index (χ3n) is 13.7. The second-order valence-corrected chi connectivity index (χ2v) is 20.4. The zero-order valence-corrected chi connectivity index (χ0v) is 37.3. The van der Waals surface area contributed by atoms with Crippen LogP contribution >= 0.6 is 30.8 Å². The number of carbonyl (C=O) groups is 6. The van der Waals surface area contributed by atoms with Gasteiger partial charge in [0.1, 0.15) is 12.6 Å². The molecule has 7 N–H and O–H groups in total. The Labute approximate surface area is 372 Å². The lowest BCUT2D eigenvalue weighted by Gasteiger charge is -2.59. The molecule has 340 valence electrons. The molecule has 7 rings (SSSR count). The molecule has 4 fully saturated rings. The number of hydrogen-bond acceptors (Lipinski definition) is 12. The summed E-state index contributed by atoms with van der Waals surface area (Å²) in [4.78, 5) is 94.8. The summed E-state index contributed by atoms with van der Waals surface area (Å²) < 4.78 is 30.4. The van der Waals surface area contributed by atoms with E-state index in [1.54, 1.807) is 49.4 Å². The van der Waals surface area contributed by atoms with Gasteiger partial charge in [0, 0.05) is 35.3 Å². The minimum Gasteiger partial charge on any atom is -0.481 e. The van der Waals surface area contributed by atoms with Crippen molar-refractivity contribution >= 4 is 71.7 Å². The SMILES string of the molecule is CCC(=O)NCC(=O)N[C@@H](CCC(=O)O)C(=O)Nc1ccc(Cc2cc([C@@H]3O[C@@H]4C[C@H]5[C@@H]6CCC7=CC(=O)C=C[C@]7(C)[C@H]6[C@@H](O)C[C@]5(C)[C@]4(C(=O)COP(=O)(O)O)O3)sc2Cl)cc1. The van der Waals surface area contributed by atoms with Crippen molar-refractivity contribution in [1.82, 2.24) is 10.6 Å². The third-order valence-corrected chi connectivity index (χ3v) is 15.6. The van der Waals surface area contributed by atoms with Gasteiger partial charge in [0.15, 0.2) is 23.5 Å². The Morgan fingerprint density at radius 1 is 1.11 bits per heavy atom. The van der Waals surface area contributed by atoms with Crippen molar-refractivity contribution in [2.45, 2.75) is 102 Å². The molecule has 0 bridgehead atoms. The van der Waals surface area contributed by atoms with Crippen LogP contribution in [0, 0.1) is 28.6 Å². The van der Waals surface area contributed by atoms with E-state index in [-0.39, 0.29) is 61.7 Å². The number of thiophene rings is 1. The Morgan fingerprint density at radius 3 is 2.52 bits per heavy atom. The number of aliphatic carboxylic acids is 1. The van der Waals surface area contributed by atoms with Gasteiger partial charge in [0.25, 0.3) is 0 Å². The number of carboxylic acids is 1. The van der Waals surface area contributed by atoms with Crippen LogP contribution in [0.4, 0.5) is 5.69 Å². The second kappa shape index (κ2) is 18.1. The highest BCUT2D eigenvalue weighted by molar-refractivity contribution is 7.46. The fourth-order valence-corrected chi connectivity index (χ4v) is 12.4. The molecule has 2 aromatic rings. The standard InChI is InChI=1S/C43H51ClN3O14PS/c1-4-34(51)45-20-35(52)47-29(11-12-36(53)54)39(55)46-25-8-5-22(6-9-25)15-23-16-31(63-38(23)44)40-60-33-18-28-27-10-7-24-17-26(48)13-14-41(24,2)37(27)30(49)19-42(28,3)43(33,61-40)32(50)21-59-62(56,57)58/h5-6,8-9,13-14,16-17,27-30,33,37,40,49H,4,7,10-12,15,18-21H2,1-3H3,(H,45,51)(H,46,55)(H,47,52)(H,53,54)(H2,56,57,58)/t27-,28-,29-,30-,33+,37+,40+,41-,42-,43+/m0/s1. The molecule has 3 amide bonds. The van der Waals surface area contributed by atoms with Crippen molar-refractivity contribution in [3.8, 4) is 0 Å². The summed E-state index contributed by atoms with van der Waals surface area (Å²) in [5, 5.41) is 28.8. The summed E-state index contributed by atoms with van der Waals surface area (Å²) in [7, 11) is -5.06. The van der Waals surface area contributed by atoms with Crippen LogP contribution in [0.3, 0.4) is 0 Å². The Kier molecular flexibility index (Phi) is 13.4. The number of carboxylic acid groups (broad SMARTS) is 1. The number of benzene rings is 1. The number of nitrogens with one attached hydrogen (secondary N) is 3. The Morgan fingerprint density at radius 2 is 1.84 bits per heavy atom. The van der Waals surface area contributed by atoms with Crippen LogP contribution in [0.5, 0.6) is 0 Å². The number of carbonyl (C=O) groups excluding carboxylic acids is 5. The molecule has 1 aliphatic heterocycles. The smallest absolute Gasteiger partial charge is 0.470 e. The molecular formula is C43H51ClN3O14PS. The molecule has 2 heterocycles. The molecule has 0 radical (unpaired) electrons. The zero-order chi connectivity index (χ0) is 45.6. The van der Waals surface area contributed by atoms with Gasteiger partial charge < -0.3 is 45.4 Å². The van der Waals surface area contributed by atoms with Crippen LogP contribution in [0.25, 0.3) is 0 Å². The average Bonchev–Trinajstić information content (AvgIpc) is 3.86. The van der Waals surface area contributed by atoms with E-state index in [4.69, 9.17) is 25.6 Å². The normalized spacial score (nSPS) is 31.2. The molecular weight excluding hydrogens is 881 g/mol. The maximum atomic E-state index is 14.4. The number of ether oxygens (including phenoxy) is 2. The molecule has 10 atom stereocenters. The molecule has 17 nitrogen and oxygen atoms in total. The van der Waals surface area contributed by atoms with Crippen LogP contribution in [0.1, 0.15) is 88.0 Å². The van der Waals surface area contributed by atoms with Crippen molar-refractivity contribution < 1.29 is 67.3 Å². The lowest BCUT2D eigenvalue weighted by atomic mass is 9.46. The number of rotatable bonds is 16. The van der Waals surface area contributed by atoms with E-state index in [2.05, 4.69) is 16.0 Å².